The topological polar surface area (TPSA) is 50.8 Å². The van der Waals surface area contributed by atoms with Gasteiger partial charge in [-0.2, -0.15) is 0 Å². The molecule has 166 valence electrons. The minimum absolute atomic E-state index is 0.190. The number of nitrogens with zero attached hydrogens (tertiary/aromatic N) is 1. The van der Waals surface area contributed by atoms with E-state index < -0.39 is 5.60 Å². The Balaban J connectivity index is 1.19. The molecule has 2 atom stereocenters. The highest BCUT2D eigenvalue weighted by Crippen LogP contribution is 2.42. The van der Waals surface area contributed by atoms with Gasteiger partial charge in [0.15, 0.2) is 0 Å². The number of carbonyl (C=O) groups excluding carboxylic acids is 1. The molecule has 2 fully saturated rings. The molecule has 1 amide bonds. The summed E-state index contributed by atoms with van der Waals surface area (Å²) in [5.74, 6) is 1.49. The molecule has 2 aromatic rings. The summed E-state index contributed by atoms with van der Waals surface area (Å²) in [7, 11) is 0. The van der Waals surface area contributed by atoms with Crippen molar-refractivity contribution in [2.24, 2.45) is 0 Å². The van der Waals surface area contributed by atoms with E-state index in [1.54, 1.807) is 0 Å². The molecule has 1 heterocycles. The van der Waals surface area contributed by atoms with E-state index in [1.807, 2.05) is 43.9 Å². The minimum atomic E-state index is -0.435. The summed E-state index contributed by atoms with van der Waals surface area (Å²) in [4.78, 5) is 14.1. The molecule has 2 aromatic carbocycles. The van der Waals surface area contributed by atoms with Crippen molar-refractivity contribution in [3.63, 3.8) is 0 Å². The highest BCUT2D eigenvalue weighted by atomic mass is 16.6. The average Bonchev–Trinajstić information content (AvgIpc) is 3.52. The highest BCUT2D eigenvalue weighted by Gasteiger charge is 2.40. The number of hydrogen-bond donors (Lipinski definition) is 1. The molecule has 1 N–H and O–H groups in total. The lowest BCUT2D eigenvalue weighted by Gasteiger charge is -2.34. The lowest BCUT2D eigenvalue weighted by atomic mass is 10.0. The van der Waals surface area contributed by atoms with Crippen LogP contribution in [0.5, 0.6) is 5.75 Å². The molecule has 2 aliphatic rings. The van der Waals surface area contributed by atoms with Crippen LogP contribution in [0.15, 0.2) is 54.6 Å². The molecule has 5 heteroatoms. The lowest BCUT2D eigenvalue weighted by Crippen LogP contribution is -2.47. The van der Waals surface area contributed by atoms with Crippen LogP contribution in [-0.4, -0.2) is 41.8 Å². The van der Waals surface area contributed by atoms with Crippen LogP contribution in [0.25, 0.3) is 0 Å². The van der Waals surface area contributed by atoms with Gasteiger partial charge >= 0.3 is 6.09 Å². The summed E-state index contributed by atoms with van der Waals surface area (Å²) >= 11 is 0. The maximum absolute atomic E-state index is 12.2. The first-order valence-electron chi connectivity index (χ1n) is 11.4. The molecule has 1 saturated carbocycles. The second-order valence-electron chi connectivity index (χ2n) is 9.70. The van der Waals surface area contributed by atoms with Gasteiger partial charge in [0.2, 0.25) is 0 Å². The van der Waals surface area contributed by atoms with Crippen molar-refractivity contribution in [1.82, 2.24) is 10.2 Å². The summed E-state index contributed by atoms with van der Waals surface area (Å²) in [6, 6.07) is 19.8. The van der Waals surface area contributed by atoms with Gasteiger partial charge in [-0.25, -0.2) is 4.79 Å². The fraction of sp³-hybridized carbons (Fsp3) is 0.500. The maximum atomic E-state index is 12.2. The van der Waals surface area contributed by atoms with Crippen molar-refractivity contribution >= 4 is 6.09 Å². The van der Waals surface area contributed by atoms with Gasteiger partial charge in [0, 0.05) is 31.1 Å². The lowest BCUT2D eigenvalue weighted by molar-refractivity contribution is 0.0198. The molecule has 0 unspecified atom stereocenters. The number of carbonyl (C=O) groups is 1. The van der Waals surface area contributed by atoms with Crippen LogP contribution in [0.3, 0.4) is 0 Å². The SMILES string of the molecule is CC(C)(C)OC(=O)N1CCC(N[C@@H]2C[C@H]2c2ccc(OCc3ccccc3)cc2)CC1. The quantitative estimate of drug-likeness (QED) is 0.703. The smallest absolute Gasteiger partial charge is 0.410 e. The van der Waals surface area contributed by atoms with Crippen LogP contribution >= 0.6 is 0 Å². The van der Waals surface area contributed by atoms with Gasteiger partial charge in [-0.15, -0.1) is 0 Å². The zero-order chi connectivity index (χ0) is 21.8. The van der Waals surface area contributed by atoms with E-state index >= 15 is 0 Å². The van der Waals surface area contributed by atoms with Crippen molar-refractivity contribution in [2.75, 3.05) is 13.1 Å². The Morgan fingerprint density at radius 1 is 1.03 bits per heavy atom. The zero-order valence-electron chi connectivity index (χ0n) is 18.8. The molecule has 31 heavy (non-hydrogen) atoms. The average molecular weight is 423 g/mol. The summed E-state index contributed by atoms with van der Waals surface area (Å²) in [6.07, 6.45) is 2.95. The first kappa shape index (κ1) is 21.7. The van der Waals surface area contributed by atoms with E-state index in [0.29, 0.717) is 24.6 Å². The van der Waals surface area contributed by atoms with Gasteiger partial charge in [-0.1, -0.05) is 42.5 Å². The minimum Gasteiger partial charge on any atom is -0.489 e. The summed E-state index contributed by atoms with van der Waals surface area (Å²) < 4.78 is 11.4. The molecule has 0 radical (unpaired) electrons. The number of benzene rings is 2. The zero-order valence-corrected chi connectivity index (χ0v) is 18.8. The fourth-order valence-electron chi connectivity index (χ4n) is 4.16. The molecule has 0 aromatic heterocycles. The molecule has 1 aliphatic heterocycles. The van der Waals surface area contributed by atoms with Gasteiger partial charge in [-0.3, -0.25) is 0 Å². The van der Waals surface area contributed by atoms with Crippen molar-refractivity contribution in [3.8, 4) is 5.75 Å². The third-order valence-electron chi connectivity index (χ3n) is 5.94. The largest absolute Gasteiger partial charge is 0.489 e. The van der Waals surface area contributed by atoms with Crippen molar-refractivity contribution in [3.05, 3.63) is 65.7 Å². The Hall–Kier alpha value is -2.53. The number of ether oxygens (including phenoxy) is 2. The van der Waals surface area contributed by atoms with Gasteiger partial charge in [0.05, 0.1) is 0 Å². The first-order valence-corrected chi connectivity index (χ1v) is 11.4. The molecular formula is C26H34N2O3. The Kier molecular flexibility index (Phi) is 6.51. The van der Waals surface area contributed by atoms with E-state index in [0.717, 1.165) is 31.7 Å². The van der Waals surface area contributed by atoms with Crippen LogP contribution in [0.2, 0.25) is 0 Å². The standard InChI is InChI=1S/C26H34N2O3/c1-26(2,3)31-25(29)28-15-13-21(14-16-28)27-24-17-23(24)20-9-11-22(12-10-20)30-18-19-7-5-4-6-8-19/h4-12,21,23-24,27H,13-18H2,1-3H3/t23-,24+/m0/s1. The number of piperidine rings is 1. The van der Waals surface area contributed by atoms with Gasteiger partial charge in [-0.05, 0) is 63.3 Å². The van der Waals surface area contributed by atoms with E-state index in [9.17, 15) is 4.79 Å². The molecule has 1 aliphatic carbocycles. The predicted octanol–water partition coefficient (Wildman–Crippen LogP) is 5.11. The molecule has 0 bridgehead atoms. The number of amides is 1. The van der Waals surface area contributed by atoms with Crippen molar-refractivity contribution < 1.29 is 14.3 Å². The van der Waals surface area contributed by atoms with Gasteiger partial charge in [0.1, 0.15) is 18.0 Å². The second-order valence-corrected chi connectivity index (χ2v) is 9.70. The summed E-state index contributed by atoms with van der Waals surface area (Å²) in [5, 5.41) is 3.80. The number of rotatable bonds is 6. The number of likely N-dealkylation sites (tertiary alicyclic amines) is 1. The normalized spacial score (nSPS) is 21.6. The molecule has 0 spiro atoms. The van der Waals surface area contributed by atoms with Crippen molar-refractivity contribution in [1.29, 1.82) is 0 Å². The van der Waals surface area contributed by atoms with Crippen LogP contribution < -0.4 is 10.1 Å². The highest BCUT2D eigenvalue weighted by molar-refractivity contribution is 5.68. The van der Waals surface area contributed by atoms with Crippen LogP contribution in [-0.2, 0) is 11.3 Å². The van der Waals surface area contributed by atoms with E-state index in [-0.39, 0.29) is 6.09 Å². The van der Waals surface area contributed by atoms with Crippen LogP contribution in [0, 0.1) is 0 Å². The third kappa shape index (κ3) is 6.23. The molecule has 4 rings (SSSR count). The van der Waals surface area contributed by atoms with Gasteiger partial charge in [0.25, 0.3) is 0 Å². The van der Waals surface area contributed by atoms with Crippen LogP contribution in [0.4, 0.5) is 4.79 Å². The first-order chi connectivity index (χ1) is 14.9. The van der Waals surface area contributed by atoms with E-state index in [4.69, 9.17) is 9.47 Å². The summed E-state index contributed by atoms with van der Waals surface area (Å²) in [5.41, 5.74) is 2.11. The molecular weight excluding hydrogens is 388 g/mol. The summed E-state index contributed by atoms with van der Waals surface area (Å²) in [6.45, 7) is 7.85. The Morgan fingerprint density at radius 2 is 1.71 bits per heavy atom. The monoisotopic (exact) mass is 422 g/mol. The maximum Gasteiger partial charge on any atom is 0.410 e. The Morgan fingerprint density at radius 3 is 2.35 bits per heavy atom. The third-order valence-corrected chi connectivity index (χ3v) is 5.94. The van der Waals surface area contributed by atoms with Crippen LogP contribution in [0.1, 0.15) is 57.1 Å². The molecule has 1 saturated heterocycles. The molecule has 5 nitrogen and oxygen atoms in total. The number of nitrogens with one attached hydrogen (secondary N) is 1. The number of hydrogen-bond acceptors (Lipinski definition) is 4. The Labute approximate surface area is 185 Å². The van der Waals surface area contributed by atoms with E-state index in [1.165, 1.54) is 17.5 Å². The fourth-order valence-corrected chi connectivity index (χ4v) is 4.16. The predicted molar refractivity (Wildman–Crippen MR) is 122 cm³/mol. The van der Waals surface area contributed by atoms with Crippen molar-refractivity contribution in [2.45, 2.75) is 70.2 Å². The van der Waals surface area contributed by atoms with E-state index in [2.05, 4.69) is 41.7 Å². The Bertz CT molecular complexity index is 852. The second kappa shape index (κ2) is 9.31. The van der Waals surface area contributed by atoms with Gasteiger partial charge < -0.3 is 19.7 Å².